The lowest BCUT2D eigenvalue weighted by Crippen LogP contribution is -2.40. The van der Waals surface area contributed by atoms with Gasteiger partial charge in [0.2, 0.25) is 11.9 Å². The Morgan fingerprint density at radius 3 is 2.38 bits per heavy atom. The number of aromatic nitrogens is 2. The molecule has 0 aliphatic heterocycles. The van der Waals surface area contributed by atoms with Crippen LogP contribution in [0.5, 0.6) is 0 Å². The van der Waals surface area contributed by atoms with Crippen LogP contribution >= 0.6 is 0 Å². The van der Waals surface area contributed by atoms with Crippen molar-refractivity contribution in [3.63, 3.8) is 0 Å². The number of carbonyl (C=O) groups excluding carboxylic acids is 1. The van der Waals surface area contributed by atoms with Crippen LogP contribution in [-0.2, 0) is 11.2 Å². The number of fused-ring (bicyclic) bond motifs is 1. The van der Waals surface area contributed by atoms with Gasteiger partial charge in [0, 0.05) is 38.0 Å². The third-order valence-electron chi connectivity index (χ3n) is 6.14. The third kappa shape index (κ3) is 5.75. The molecule has 168 valence electrons. The summed E-state index contributed by atoms with van der Waals surface area (Å²) in [6.45, 7) is 0. The molecule has 3 aromatic rings. The van der Waals surface area contributed by atoms with E-state index in [2.05, 4.69) is 28.8 Å². The molecule has 2 aromatic carbocycles. The molecule has 0 saturated heterocycles. The second kappa shape index (κ2) is 10.4. The Labute approximate surface area is 190 Å². The molecule has 1 aliphatic carbocycles. The smallest absolute Gasteiger partial charge is 0.225 e. The maximum absolute atomic E-state index is 12.3. The molecule has 4 rings (SSSR count). The summed E-state index contributed by atoms with van der Waals surface area (Å²) in [4.78, 5) is 23.9. The third-order valence-corrected chi connectivity index (χ3v) is 6.14. The molecule has 1 aromatic heterocycles. The van der Waals surface area contributed by atoms with Crippen LogP contribution in [0.25, 0.3) is 10.9 Å². The monoisotopic (exact) mass is 431 g/mol. The molecule has 1 saturated carbocycles. The number of anilines is 2. The maximum atomic E-state index is 12.3. The van der Waals surface area contributed by atoms with Crippen LogP contribution in [0, 0.1) is 0 Å². The summed E-state index contributed by atoms with van der Waals surface area (Å²) >= 11 is 0. The van der Waals surface area contributed by atoms with E-state index in [0.717, 1.165) is 55.2 Å². The first kappa shape index (κ1) is 22.1. The molecule has 1 aliphatic rings. The number of nitrogens with one attached hydrogen (secondary N) is 2. The van der Waals surface area contributed by atoms with Crippen molar-refractivity contribution in [3.8, 4) is 0 Å². The Balaban J connectivity index is 1.25. The molecule has 6 nitrogen and oxygen atoms in total. The van der Waals surface area contributed by atoms with Crippen molar-refractivity contribution < 1.29 is 4.79 Å². The van der Waals surface area contributed by atoms with Gasteiger partial charge in [-0.2, -0.15) is 4.98 Å². The highest BCUT2D eigenvalue weighted by Gasteiger charge is 2.23. The van der Waals surface area contributed by atoms with E-state index < -0.39 is 0 Å². The van der Waals surface area contributed by atoms with Crippen molar-refractivity contribution in [2.45, 2.75) is 57.0 Å². The van der Waals surface area contributed by atoms with Crippen LogP contribution in [-0.4, -0.2) is 42.1 Å². The summed E-state index contributed by atoms with van der Waals surface area (Å²) in [5.41, 5.74) is 2.24. The van der Waals surface area contributed by atoms with Crippen molar-refractivity contribution in [1.82, 2.24) is 15.3 Å². The number of benzene rings is 2. The van der Waals surface area contributed by atoms with Gasteiger partial charge in [0.05, 0.1) is 5.52 Å². The molecule has 6 heteroatoms. The van der Waals surface area contributed by atoms with E-state index in [0.29, 0.717) is 18.4 Å². The Morgan fingerprint density at radius 2 is 1.62 bits per heavy atom. The number of hydrogen-bond acceptors (Lipinski definition) is 5. The lowest BCUT2D eigenvalue weighted by Gasteiger charge is -2.30. The second-order valence-corrected chi connectivity index (χ2v) is 8.88. The molecular formula is C26H33N5O. The van der Waals surface area contributed by atoms with Gasteiger partial charge in [-0.05, 0) is 56.2 Å². The molecule has 0 spiro atoms. The van der Waals surface area contributed by atoms with Gasteiger partial charge < -0.3 is 15.5 Å². The molecule has 0 bridgehead atoms. The highest BCUT2D eigenvalue weighted by atomic mass is 16.1. The SMILES string of the molecule is CN(C)c1nc(N[C@H]2CC[C@@H](NC(=O)CCCc3ccccc3)CC2)nc2ccccc12. The number of nitrogens with zero attached hydrogens (tertiary/aromatic N) is 3. The lowest BCUT2D eigenvalue weighted by atomic mass is 9.91. The first-order valence-corrected chi connectivity index (χ1v) is 11.6. The van der Waals surface area contributed by atoms with Gasteiger partial charge in [0.15, 0.2) is 0 Å². The number of hydrogen-bond donors (Lipinski definition) is 2. The van der Waals surface area contributed by atoms with Gasteiger partial charge in [0.25, 0.3) is 0 Å². The highest BCUT2D eigenvalue weighted by Crippen LogP contribution is 2.26. The molecule has 1 amide bonds. The summed E-state index contributed by atoms with van der Waals surface area (Å²) in [5.74, 6) is 1.78. The van der Waals surface area contributed by atoms with Crippen LogP contribution < -0.4 is 15.5 Å². The number of aryl methyl sites for hydroxylation is 1. The average molecular weight is 432 g/mol. The van der Waals surface area contributed by atoms with Crippen LogP contribution in [0.4, 0.5) is 11.8 Å². The minimum absolute atomic E-state index is 0.172. The molecule has 2 N–H and O–H groups in total. The van der Waals surface area contributed by atoms with E-state index in [9.17, 15) is 4.79 Å². The van der Waals surface area contributed by atoms with Crippen LogP contribution in [0.1, 0.15) is 44.1 Å². The van der Waals surface area contributed by atoms with E-state index in [1.54, 1.807) is 0 Å². The molecule has 0 atom stereocenters. The van der Waals surface area contributed by atoms with Crippen LogP contribution in [0.15, 0.2) is 54.6 Å². The second-order valence-electron chi connectivity index (χ2n) is 8.88. The zero-order chi connectivity index (χ0) is 22.3. The highest BCUT2D eigenvalue weighted by molar-refractivity contribution is 5.90. The standard InChI is InChI=1S/C26H33N5O/c1-31(2)25-22-12-6-7-13-23(22)29-26(30-25)28-21-17-15-20(16-18-21)27-24(32)14-8-11-19-9-4-3-5-10-19/h3-7,9-10,12-13,20-21H,8,11,14-18H2,1-2H3,(H,27,32)(H,28,29,30)/t20-,21+. The zero-order valence-electron chi connectivity index (χ0n) is 19.1. The predicted octanol–water partition coefficient (Wildman–Crippen LogP) is 4.56. The Morgan fingerprint density at radius 1 is 0.938 bits per heavy atom. The number of rotatable bonds is 8. The van der Waals surface area contributed by atoms with E-state index in [1.165, 1.54) is 5.56 Å². The summed E-state index contributed by atoms with van der Waals surface area (Å²) < 4.78 is 0. The Bertz CT molecular complexity index is 1030. The minimum Gasteiger partial charge on any atom is -0.362 e. The van der Waals surface area contributed by atoms with Crippen molar-refractivity contribution in [2.75, 3.05) is 24.3 Å². The molecule has 0 unspecified atom stereocenters. The quantitative estimate of drug-likeness (QED) is 0.547. The van der Waals surface area contributed by atoms with E-state index >= 15 is 0 Å². The maximum Gasteiger partial charge on any atom is 0.225 e. The van der Waals surface area contributed by atoms with Crippen molar-refractivity contribution in [3.05, 3.63) is 60.2 Å². The summed E-state index contributed by atoms with van der Waals surface area (Å²) in [7, 11) is 4.01. The molecule has 1 fully saturated rings. The fraction of sp³-hybridized carbons (Fsp3) is 0.423. The summed E-state index contributed by atoms with van der Waals surface area (Å²) in [6.07, 6.45) is 6.40. The minimum atomic E-state index is 0.172. The number of amides is 1. The first-order valence-electron chi connectivity index (χ1n) is 11.6. The van der Waals surface area contributed by atoms with Crippen molar-refractivity contribution in [1.29, 1.82) is 0 Å². The molecule has 0 radical (unpaired) electrons. The van der Waals surface area contributed by atoms with Gasteiger partial charge in [0.1, 0.15) is 5.82 Å². The molecule has 32 heavy (non-hydrogen) atoms. The topological polar surface area (TPSA) is 70.2 Å². The molecule has 1 heterocycles. The Kier molecular flexibility index (Phi) is 7.20. The van der Waals surface area contributed by atoms with Gasteiger partial charge in [-0.1, -0.05) is 42.5 Å². The van der Waals surface area contributed by atoms with Crippen molar-refractivity contribution in [2.24, 2.45) is 0 Å². The normalized spacial score (nSPS) is 18.3. The van der Waals surface area contributed by atoms with Gasteiger partial charge in [-0.3, -0.25) is 4.79 Å². The largest absolute Gasteiger partial charge is 0.362 e. The van der Waals surface area contributed by atoms with E-state index in [4.69, 9.17) is 9.97 Å². The summed E-state index contributed by atoms with van der Waals surface area (Å²) in [5, 5.41) is 7.82. The zero-order valence-corrected chi connectivity index (χ0v) is 19.1. The van der Waals surface area contributed by atoms with Crippen LogP contribution in [0.2, 0.25) is 0 Å². The van der Waals surface area contributed by atoms with Crippen molar-refractivity contribution >= 4 is 28.6 Å². The van der Waals surface area contributed by atoms with Gasteiger partial charge >= 0.3 is 0 Å². The number of para-hydroxylation sites is 1. The van der Waals surface area contributed by atoms with Gasteiger partial charge in [-0.25, -0.2) is 4.98 Å². The van der Waals surface area contributed by atoms with Gasteiger partial charge in [-0.15, -0.1) is 0 Å². The van der Waals surface area contributed by atoms with Crippen LogP contribution in [0.3, 0.4) is 0 Å². The fourth-order valence-electron chi connectivity index (χ4n) is 4.43. The summed E-state index contributed by atoms with van der Waals surface area (Å²) in [6, 6.07) is 19.1. The number of carbonyl (C=O) groups is 1. The van der Waals surface area contributed by atoms with E-state index in [-0.39, 0.29) is 11.9 Å². The fourth-order valence-corrected chi connectivity index (χ4v) is 4.43. The lowest BCUT2D eigenvalue weighted by molar-refractivity contribution is -0.122. The average Bonchev–Trinajstić information content (AvgIpc) is 2.80. The molecular weight excluding hydrogens is 398 g/mol. The Hall–Kier alpha value is -3.15. The predicted molar refractivity (Wildman–Crippen MR) is 131 cm³/mol. The first-order chi connectivity index (χ1) is 15.6. The van der Waals surface area contributed by atoms with E-state index in [1.807, 2.05) is 55.4 Å².